The second-order valence-corrected chi connectivity index (χ2v) is 6.45. The van der Waals surface area contributed by atoms with E-state index >= 15 is 0 Å². The molecular formula is C18H28N2. The minimum Gasteiger partial charge on any atom is -0.382 e. The van der Waals surface area contributed by atoms with Gasteiger partial charge in [0.05, 0.1) is 0 Å². The molecule has 2 nitrogen and oxygen atoms in total. The molecule has 3 atom stereocenters. The van der Waals surface area contributed by atoms with Crippen LogP contribution in [-0.2, 0) is 6.42 Å². The Hall–Kier alpha value is -1.02. The molecule has 1 aliphatic heterocycles. The summed E-state index contributed by atoms with van der Waals surface area (Å²) < 4.78 is 0. The monoisotopic (exact) mass is 272 g/mol. The van der Waals surface area contributed by atoms with Crippen LogP contribution in [-0.4, -0.2) is 18.6 Å². The van der Waals surface area contributed by atoms with Crippen molar-refractivity contribution in [1.29, 1.82) is 0 Å². The average molecular weight is 272 g/mol. The molecule has 2 fully saturated rings. The zero-order valence-electron chi connectivity index (χ0n) is 12.7. The molecule has 2 N–H and O–H groups in total. The van der Waals surface area contributed by atoms with Gasteiger partial charge in [-0.3, -0.25) is 0 Å². The highest BCUT2D eigenvalue weighted by molar-refractivity contribution is 5.45. The van der Waals surface area contributed by atoms with Crippen LogP contribution in [0.3, 0.4) is 0 Å². The first-order chi connectivity index (χ1) is 9.86. The van der Waals surface area contributed by atoms with Gasteiger partial charge in [0.15, 0.2) is 0 Å². The highest BCUT2D eigenvalue weighted by Gasteiger charge is 2.33. The Bertz CT molecular complexity index is 406. The summed E-state index contributed by atoms with van der Waals surface area (Å²) in [6, 6.07) is 10.4. The quantitative estimate of drug-likeness (QED) is 0.866. The molecule has 0 aromatic heterocycles. The number of aryl methyl sites for hydroxylation is 1. The summed E-state index contributed by atoms with van der Waals surface area (Å²) >= 11 is 0. The molecule has 0 radical (unpaired) electrons. The predicted molar refractivity (Wildman–Crippen MR) is 86.2 cm³/mol. The summed E-state index contributed by atoms with van der Waals surface area (Å²) in [7, 11) is 0. The molecule has 3 rings (SSSR count). The Morgan fingerprint density at radius 3 is 2.55 bits per heavy atom. The number of hydrogen-bond donors (Lipinski definition) is 2. The van der Waals surface area contributed by atoms with E-state index in [-0.39, 0.29) is 0 Å². The lowest BCUT2D eigenvalue weighted by Crippen LogP contribution is -2.43. The second kappa shape index (κ2) is 6.62. The Balaban J connectivity index is 1.66. The van der Waals surface area contributed by atoms with Gasteiger partial charge in [0.2, 0.25) is 0 Å². The molecule has 1 saturated carbocycles. The fraction of sp³-hybridized carbons (Fsp3) is 0.667. The van der Waals surface area contributed by atoms with E-state index in [2.05, 4.69) is 41.8 Å². The van der Waals surface area contributed by atoms with Gasteiger partial charge in [-0.05, 0) is 62.3 Å². The average Bonchev–Trinajstić information content (AvgIpc) is 3.03. The molecular weight excluding hydrogens is 244 g/mol. The van der Waals surface area contributed by atoms with Crippen molar-refractivity contribution in [2.45, 2.75) is 64.0 Å². The van der Waals surface area contributed by atoms with Crippen molar-refractivity contribution in [3.05, 3.63) is 29.8 Å². The van der Waals surface area contributed by atoms with Crippen LogP contribution in [0.15, 0.2) is 24.3 Å². The number of nitrogens with one attached hydrogen (secondary N) is 2. The van der Waals surface area contributed by atoms with E-state index < -0.39 is 0 Å². The van der Waals surface area contributed by atoms with Crippen LogP contribution in [0.2, 0.25) is 0 Å². The van der Waals surface area contributed by atoms with Gasteiger partial charge in [0.25, 0.3) is 0 Å². The van der Waals surface area contributed by atoms with Crippen LogP contribution in [0.1, 0.15) is 51.0 Å². The minimum atomic E-state index is 0.659. The molecule has 110 valence electrons. The predicted octanol–water partition coefficient (Wildman–Crippen LogP) is 3.97. The molecule has 2 aliphatic rings. The molecule has 0 bridgehead atoms. The van der Waals surface area contributed by atoms with Gasteiger partial charge in [-0.1, -0.05) is 31.9 Å². The van der Waals surface area contributed by atoms with E-state index in [4.69, 9.17) is 0 Å². The maximum atomic E-state index is 3.82. The van der Waals surface area contributed by atoms with E-state index in [1.54, 1.807) is 0 Å². The normalized spacial score (nSPS) is 30.4. The van der Waals surface area contributed by atoms with Crippen molar-refractivity contribution in [1.82, 2.24) is 5.32 Å². The van der Waals surface area contributed by atoms with Crippen molar-refractivity contribution in [3.63, 3.8) is 0 Å². The summed E-state index contributed by atoms with van der Waals surface area (Å²) in [6.45, 7) is 3.43. The van der Waals surface area contributed by atoms with Crippen molar-refractivity contribution in [2.75, 3.05) is 11.9 Å². The maximum absolute atomic E-state index is 3.82. The Morgan fingerprint density at radius 2 is 1.85 bits per heavy atom. The van der Waals surface area contributed by atoms with Crippen LogP contribution in [0, 0.1) is 5.92 Å². The Morgan fingerprint density at radius 1 is 1.05 bits per heavy atom. The minimum absolute atomic E-state index is 0.659. The lowest BCUT2D eigenvalue weighted by atomic mass is 9.79. The topological polar surface area (TPSA) is 24.1 Å². The Kier molecular flexibility index (Phi) is 4.62. The standard InChI is InChI=1S/C18H28N2/c1-2-14-9-11-15(12-10-14)20-18-7-4-3-6-16(18)17-8-5-13-19-17/h9-12,16-20H,2-8,13H2,1H3. The fourth-order valence-electron chi connectivity index (χ4n) is 3.95. The lowest BCUT2D eigenvalue weighted by molar-refractivity contribution is 0.263. The van der Waals surface area contributed by atoms with Crippen molar-refractivity contribution < 1.29 is 0 Å². The first-order valence-electron chi connectivity index (χ1n) is 8.45. The van der Waals surface area contributed by atoms with E-state index in [0.29, 0.717) is 6.04 Å². The molecule has 0 spiro atoms. The number of anilines is 1. The summed E-state index contributed by atoms with van der Waals surface area (Å²) in [5.41, 5.74) is 2.73. The van der Waals surface area contributed by atoms with Crippen LogP contribution < -0.4 is 10.6 Å². The molecule has 2 heteroatoms. The summed E-state index contributed by atoms with van der Waals surface area (Å²) in [6.07, 6.45) is 9.37. The van der Waals surface area contributed by atoms with Gasteiger partial charge in [-0.25, -0.2) is 0 Å². The van der Waals surface area contributed by atoms with Gasteiger partial charge < -0.3 is 10.6 Å². The summed E-state index contributed by atoms with van der Waals surface area (Å²) in [5, 5.41) is 7.54. The van der Waals surface area contributed by atoms with Crippen molar-refractivity contribution in [3.8, 4) is 0 Å². The highest BCUT2D eigenvalue weighted by atomic mass is 15.0. The van der Waals surface area contributed by atoms with Gasteiger partial charge in [0, 0.05) is 17.8 Å². The van der Waals surface area contributed by atoms with Crippen molar-refractivity contribution >= 4 is 5.69 Å². The van der Waals surface area contributed by atoms with E-state index in [9.17, 15) is 0 Å². The molecule has 0 amide bonds. The molecule has 1 aliphatic carbocycles. The number of rotatable bonds is 4. The van der Waals surface area contributed by atoms with E-state index in [1.807, 2.05) is 0 Å². The van der Waals surface area contributed by atoms with Crippen LogP contribution in [0.25, 0.3) is 0 Å². The maximum Gasteiger partial charge on any atom is 0.0342 e. The molecule has 20 heavy (non-hydrogen) atoms. The smallest absolute Gasteiger partial charge is 0.0342 e. The first-order valence-corrected chi connectivity index (χ1v) is 8.45. The summed E-state index contributed by atoms with van der Waals surface area (Å²) in [4.78, 5) is 0. The molecule has 1 aromatic carbocycles. The van der Waals surface area contributed by atoms with E-state index in [0.717, 1.165) is 18.4 Å². The summed E-state index contributed by atoms with van der Waals surface area (Å²) in [5.74, 6) is 0.817. The zero-order chi connectivity index (χ0) is 13.8. The zero-order valence-corrected chi connectivity index (χ0v) is 12.7. The van der Waals surface area contributed by atoms with Crippen molar-refractivity contribution in [2.24, 2.45) is 5.92 Å². The molecule has 1 heterocycles. The van der Waals surface area contributed by atoms with Crippen LogP contribution >= 0.6 is 0 Å². The van der Waals surface area contributed by atoms with Gasteiger partial charge >= 0.3 is 0 Å². The van der Waals surface area contributed by atoms with Gasteiger partial charge in [-0.2, -0.15) is 0 Å². The Labute approximate surface area is 123 Å². The highest BCUT2D eigenvalue weighted by Crippen LogP contribution is 2.32. The first kappa shape index (κ1) is 13.9. The third-order valence-electron chi connectivity index (χ3n) is 5.15. The second-order valence-electron chi connectivity index (χ2n) is 6.45. The number of hydrogen-bond acceptors (Lipinski definition) is 2. The molecule has 1 saturated heterocycles. The fourth-order valence-corrected chi connectivity index (χ4v) is 3.95. The number of benzene rings is 1. The van der Waals surface area contributed by atoms with E-state index in [1.165, 1.54) is 56.3 Å². The third kappa shape index (κ3) is 3.17. The lowest BCUT2D eigenvalue weighted by Gasteiger charge is -2.36. The van der Waals surface area contributed by atoms with Gasteiger partial charge in [-0.15, -0.1) is 0 Å². The van der Waals surface area contributed by atoms with Crippen LogP contribution in [0.5, 0.6) is 0 Å². The molecule has 1 aromatic rings. The van der Waals surface area contributed by atoms with Gasteiger partial charge in [0.1, 0.15) is 0 Å². The molecule has 3 unspecified atom stereocenters. The largest absolute Gasteiger partial charge is 0.382 e. The van der Waals surface area contributed by atoms with Crippen LogP contribution in [0.4, 0.5) is 5.69 Å². The third-order valence-corrected chi connectivity index (χ3v) is 5.15. The SMILES string of the molecule is CCc1ccc(NC2CCCCC2C2CCCN2)cc1.